The maximum Gasteiger partial charge on any atom is 0.143 e. The Balaban J connectivity index is 2.26. The van der Waals surface area contributed by atoms with Crippen LogP contribution >= 0.6 is 35.4 Å². The summed E-state index contributed by atoms with van der Waals surface area (Å²) in [4.78, 5) is 0.231. The van der Waals surface area contributed by atoms with E-state index in [0.29, 0.717) is 22.0 Å². The van der Waals surface area contributed by atoms with Gasteiger partial charge in [0.15, 0.2) is 0 Å². The van der Waals surface area contributed by atoms with E-state index >= 15 is 0 Å². The first kappa shape index (κ1) is 14.1. The van der Waals surface area contributed by atoms with Gasteiger partial charge in [-0.25, -0.2) is 4.39 Å². The van der Waals surface area contributed by atoms with Gasteiger partial charge in [-0.15, -0.1) is 0 Å². The van der Waals surface area contributed by atoms with Crippen LogP contribution in [0.25, 0.3) is 0 Å². The third-order valence-corrected chi connectivity index (χ3v) is 3.28. The van der Waals surface area contributed by atoms with E-state index in [1.807, 2.05) is 0 Å². The maximum atomic E-state index is 13.3. The van der Waals surface area contributed by atoms with Crippen LogP contribution in [0, 0.1) is 5.82 Å². The van der Waals surface area contributed by atoms with Gasteiger partial charge in [-0.1, -0.05) is 35.4 Å². The maximum absolute atomic E-state index is 13.3. The molecule has 0 saturated heterocycles. The molecule has 0 unspecified atom stereocenters. The first-order valence-corrected chi connectivity index (χ1v) is 6.45. The summed E-state index contributed by atoms with van der Waals surface area (Å²) >= 11 is 16.5. The van der Waals surface area contributed by atoms with Crippen molar-refractivity contribution in [3.8, 4) is 0 Å². The molecule has 0 aliphatic rings. The molecule has 2 aromatic carbocycles. The summed E-state index contributed by atoms with van der Waals surface area (Å²) in [6.07, 6.45) is 0. The second-order valence-electron chi connectivity index (χ2n) is 3.81. The van der Waals surface area contributed by atoms with Gasteiger partial charge in [-0.2, -0.15) is 0 Å². The largest absolute Gasteiger partial charge is 0.389 e. The van der Waals surface area contributed by atoms with E-state index < -0.39 is 5.82 Å². The smallest absolute Gasteiger partial charge is 0.143 e. The predicted octanol–water partition coefficient (Wildman–Crippen LogP) is 4.51. The highest BCUT2D eigenvalue weighted by Crippen LogP contribution is 2.25. The van der Waals surface area contributed by atoms with Gasteiger partial charge in [0, 0.05) is 16.9 Å². The number of benzene rings is 2. The van der Waals surface area contributed by atoms with Crippen LogP contribution in [-0.4, -0.2) is 4.99 Å². The molecule has 0 heterocycles. The van der Waals surface area contributed by atoms with Crippen molar-refractivity contribution in [1.29, 1.82) is 0 Å². The third-order valence-electron chi connectivity index (χ3n) is 2.44. The SMILES string of the molecule is NC(=S)c1ccc(Nc2ccc(Cl)c(F)c2)cc1Cl. The fraction of sp³-hybridized carbons (Fsp3) is 0. The highest BCUT2D eigenvalue weighted by Gasteiger charge is 2.06. The Kier molecular flexibility index (Phi) is 4.24. The zero-order valence-corrected chi connectivity index (χ0v) is 11.9. The van der Waals surface area contributed by atoms with Gasteiger partial charge in [0.2, 0.25) is 0 Å². The van der Waals surface area contributed by atoms with Crippen molar-refractivity contribution in [2.75, 3.05) is 5.32 Å². The van der Waals surface area contributed by atoms with Gasteiger partial charge in [-0.05, 0) is 36.4 Å². The third kappa shape index (κ3) is 3.35. The first-order valence-electron chi connectivity index (χ1n) is 5.29. The summed E-state index contributed by atoms with van der Waals surface area (Å²) in [6, 6.07) is 9.58. The summed E-state index contributed by atoms with van der Waals surface area (Å²) < 4.78 is 13.3. The Bertz CT molecular complexity index is 647. The van der Waals surface area contributed by atoms with E-state index in [4.69, 9.17) is 41.2 Å². The van der Waals surface area contributed by atoms with Crippen LogP contribution in [0.1, 0.15) is 5.56 Å². The molecular formula is C13H9Cl2FN2S. The molecule has 0 aromatic heterocycles. The molecular weight excluding hydrogens is 306 g/mol. The van der Waals surface area contributed by atoms with E-state index in [1.54, 1.807) is 24.3 Å². The topological polar surface area (TPSA) is 38.0 Å². The van der Waals surface area contributed by atoms with Crippen molar-refractivity contribution in [1.82, 2.24) is 0 Å². The summed E-state index contributed by atoms with van der Waals surface area (Å²) in [5.74, 6) is -0.488. The van der Waals surface area contributed by atoms with Crippen LogP contribution in [0.3, 0.4) is 0 Å². The average Bonchev–Trinajstić information content (AvgIpc) is 2.33. The Hall–Kier alpha value is -1.36. The minimum Gasteiger partial charge on any atom is -0.389 e. The molecule has 0 aliphatic heterocycles. The first-order chi connectivity index (χ1) is 8.97. The Morgan fingerprint density at radius 2 is 1.68 bits per heavy atom. The van der Waals surface area contributed by atoms with Crippen LogP contribution < -0.4 is 11.1 Å². The summed E-state index contributed by atoms with van der Waals surface area (Å²) in [5.41, 5.74) is 7.39. The zero-order valence-electron chi connectivity index (χ0n) is 9.58. The molecule has 0 spiro atoms. The summed E-state index contributed by atoms with van der Waals surface area (Å²) in [5, 5.41) is 3.53. The minimum absolute atomic E-state index is 0.0763. The number of anilines is 2. The number of nitrogens with two attached hydrogens (primary N) is 1. The van der Waals surface area contributed by atoms with Gasteiger partial charge >= 0.3 is 0 Å². The lowest BCUT2D eigenvalue weighted by atomic mass is 10.2. The molecule has 0 radical (unpaired) electrons. The van der Waals surface area contributed by atoms with Gasteiger partial charge in [0.1, 0.15) is 10.8 Å². The van der Waals surface area contributed by atoms with Crippen LogP contribution in [-0.2, 0) is 0 Å². The molecule has 98 valence electrons. The summed E-state index contributed by atoms with van der Waals surface area (Å²) in [6.45, 7) is 0. The minimum atomic E-state index is -0.488. The summed E-state index contributed by atoms with van der Waals surface area (Å²) in [7, 11) is 0. The molecule has 0 amide bonds. The van der Waals surface area contributed by atoms with Crippen molar-refractivity contribution >= 4 is 51.8 Å². The fourth-order valence-electron chi connectivity index (χ4n) is 1.53. The van der Waals surface area contributed by atoms with E-state index in [0.717, 1.165) is 0 Å². The van der Waals surface area contributed by atoms with Crippen LogP contribution in [0.15, 0.2) is 36.4 Å². The van der Waals surface area contributed by atoms with E-state index in [9.17, 15) is 4.39 Å². The van der Waals surface area contributed by atoms with E-state index in [-0.39, 0.29) is 10.0 Å². The standard InChI is InChI=1S/C13H9Cl2FN2S/c14-10-4-2-8(6-12(10)16)18-7-1-3-9(13(17)19)11(15)5-7/h1-6,18H,(H2,17,19). The quantitative estimate of drug-likeness (QED) is 0.819. The number of hydrogen-bond acceptors (Lipinski definition) is 2. The van der Waals surface area contributed by atoms with Crippen molar-refractivity contribution in [2.45, 2.75) is 0 Å². The van der Waals surface area contributed by atoms with Gasteiger partial charge < -0.3 is 11.1 Å². The molecule has 19 heavy (non-hydrogen) atoms. The number of nitrogens with one attached hydrogen (secondary N) is 1. The molecule has 0 aliphatic carbocycles. The number of halogens is 3. The molecule has 0 fully saturated rings. The zero-order chi connectivity index (χ0) is 14.0. The monoisotopic (exact) mass is 314 g/mol. The van der Waals surface area contributed by atoms with Crippen LogP contribution in [0.5, 0.6) is 0 Å². The van der Waals surface area contributed by atoms with Crippen molar-refractivity contribution in [3.05, 3.63) is 57.8 Å². The lowest BCUT2D eigenvalue weighted by molar-refractivity contribution is 0.629. The highest BCUT2D eigenvalue weighted by molar-refractivity contribution is 7.80. The molecule has 6 heteroatoms. The Morgan fingerprint density at radius 1 is 1.05 bits per heavy atom. The van der Waals surface area contributed by atoms with E-state index in [2.05, 4.69) is 5.32 Å². The fourth-order valence-corrected chi connectivity index (χ4v) is 2.17. The highest BCUT2D eigenvalue weighted by atomic mass is 35.5. The Morgan fingerprint density at radius 3 is 2.26 bits per heavy atom. The van der Waals surface area contributed by atoms with Crippen LogP contribution in [0.4, 0.5) is 15.8 Å². The molecule has 0 atom stereocenters. The van der Waals surface area contributed by atoms with Gasteiger partial charge in [0.25, 0.3) is 0 Å². The number of thiocarbonyl (C=S) groups is 1. The average molecular weight is 315 g/mol. The Labute approximate surface area is 125 Å². The van der Waals surface area contributed by atoms with Crippen molar-refractivity contribution in [2.24, 2.45) is 5.73 Å². The van der Waals surface area contributed by atoms with Gasteiger partial charge in [0.05, 0.1) is 10.0 Å². The van der Waals surface area contributed by atoms with Crippen molar-refractivity contribution in [3.63, 3.8) is 0 Å². The predicted molar refractivity (Wildman–Crippen MR) is 82.0 cm³/mol. The molecule has 2 nitrogen and oxygen atoms in total. The van der Waals surface area contributed by atoms with E-state index in [1.165, 1.54) is 12.1 Å². The second kappa shape index (κ2) is 5.74. The van der Waals surface area contributed by atoms with Crippen molar-refractivity contribution < 1.29 is 4.39 Å². The molecule has 0 saturated carbocycles. The lowest BCUT2D eigenvalue weighted by Crippen LogP contribution is -2.09. The molecule has 0 bridgehead atoms. The second-order valence-corrected chi connectivity index (χ2v) is 5.07. The molecule has 3 N–H and O–H groups in total. The normalized spacial score (nSPS) is 10.3. The lowest BCUT2D eigenvalue weighted by Gasteiger charge is -2.09. The number of rotatable bonds is 3. The molecule has 2 aromatic rings. The van der Waals surface area contributed by atoms with Crippen LogP contribution in [0.2, 0.25) is 10.0 Å². The number of hydrogen-bond donors (Lipinski definition) is 2. The molecule has 2 rings (SSSR count). The van der Waals surface area contributed by atoms with Gasteiger partial charge in [-0.3, -0.25) is 0 Å².